The number of hydrogen-bond donors (Lipinski definition) is 2. The highest BCUT2D eigenvalue weighted by Gasteiger charge is 2.21. The SMILES string of the molecule is COc1ccc(NS(=O)(=O)c2cc(CN)sc2Br)cc1C. The Balaban J connectivity index is 2.32. The minimum atomic E-state index is -3.65. The summed E-state index contributed by atoms with van der Waals surface area (Å²) in [7, 11) is -2.08. The summed E-state index contributed by atoms with van der Waals surface area (Å²) in [4.78, 5) is 0.995. The molecule has 1 heterocycles. The number of nitrogens with two attached hydrogens (primary N) is 1. The molecule has 0 unspecified atom stereocenters. The molecule has 0 saturated heterocycles. The van der Waals surface area contributed by atoms with Crippen molar-refractivity contribution in [2.75, 3.05) is 11.8 Å². The highest BCUT2D eigenvalue weighted by Crippen LogP contribution is 2.33. The molecule has 0 radical (unpaired) electrons. The van der Waals surface area contributed by atoms with Crippen molar-refractivity contribution in [1.82, 2.24) is 0 Å². The van der Waals surface area contributed by atoms with Gasteiger partial charge in [-0.15, -0.1) is 11.3 Å². The lowest BCUT2D eigenvalue weighted by molar-refractivity contribution is 0.412. The highest BCUT2D eigenvalue weighted by molar-refractivity contribution is 9.11. The van der Waals surface area contributed by atoms with E-state index in [2.05, 4.69) is 20.7 Å². The fourth-order valence-corrected chi connectivity index (χ4v) is 5.45. The van der Waals surface area contributed by atoms with E-state index in [0.29, 0.717) is 21.8 Å². The van der Waals surface area contributed by atoms with Gasteiger partial charge in [-0.05, 0) is 52.7 Å². The van der Waals surface area contributed by atoms with E-state index in [4.69, 9.17) is 10.5 Å². The third-order valence-corrected chi connectivity index (χ3v) is 6.50. The zero-order valence-corrected chi connectivity index (χ0v) is 14.7. The van der Waals surface area contributed by atoms with Crippen LogP contribution in [0.1, 0.15) is 10.4 Å². The average molecular weight is 391 g/mol. The lowest BCUT2D eigenvalue weighted by Gasteiger charge is -2.10. The number of methoxy groups -OCH3 is 1. The molecule has 0 amide bonds. The van der Waals surface area contributed by atoms with E-state index in [1.807, 2.05) is 6.92 Å². The summed E-state index contributed by atoms with van der Waals surface area (Å²) in [6.07, 6.45) is 0. The molecule has 0 aliphatic rings. The third kappa shape index (κ3) is 3.57. The van der Waals surface area contributed by atoms with Crippen molar-refractivity contribution < 1.29 is 13.2 Å². The monoisotopic (exact) mass is 390 g/mol. The fraction of sp³-hybridized carbons (Fsp3) is 0.231. The molecule has 0 aliphatic carbocycles. The maximum Gasteiger partial charge on any atom is 0.263 e. The third-order valence-electron chi connectivity index (χ3n) is 2.84. The van der Waals surface area contributed by atoms with Gasteiger partial charge in [0.2, 0.25) is 0 Å². The lowest BCUT2D eigenvalue weighted by atomic mass is 10.2. The van der Waals surface area contributed by atoms with E-state index in [1.165, 1.54) is 11.3 Å². The Morgan fingerprint density at radius 2 is 2.10 bits per heavy atom. The molecule has 114 valence electrons. The van der Waals surface area contributed by atoms with Crippen molar-refractivity contribution in [3.05, 3.63) is 38.5 Å². The van der Waals surface area contributed by atoms with Gasteiger partial charge >= 0.3 is 0 Å². The summed E-state index contributed by atoms with van der Waals surface area (Å²) in [6.45, 7) is 2.16. The van der Waals surface area contributed by atoms with E-state index in [0.717, 1.165) is 10.4 Å². The standard InChI is InChI=1S/C13H15BrN2O3S2/c1-8-5-9(3-4-11(8)19-2)16-21(17,18)12-6-10(7-15)20-13(12)14/h3-6,16H,7,15H2,1-2H3. The molecule has 21 heavy (non-hydrogen) atoms. The Kier molecular flexibility index (Phi) is 4.92. The largest absolute Gasteiger partial charge is 0.496 e. The second-order valence-corrected chi connectivity index (χ2v) is 8.45. The Labute approximate surface area is 136 Å². The van der Waals surface area contributed by atoms with Crippen molar-refractivity contribution in [2.45, 2.75) is 18.4 Å². The van der Waals surface area contributed by atoms with Gasteiger partial charge in [0.1, 0.15) is 10.6 Å². The van der Waals surface area contributed by atoms with Crippen LogP contribution in [0, 0.1) is 6.92 Å². The molecule has 0 fully saturated rings. The molecule has 2 rings (SSSR count). The van der Waals surface area contributed by atoms with Crippen LogP contribution in [0.3, 0.4) is 0 Å². The highest BCUT2D eigenvalue weighted by atomic mass is 79.9. The van der Waals surface area contributed by atoms with Crippen molar-refractivity contribution in [2.24, 2.45) is 5.73 Å². The number of rotatable bonds is 5. The minimum absolute atomic E-state index is 0.196. The molecule has 0 aliphatic heterocycles. The molecule has 1 aromatic heterocycles. The first-order valence-corrected chi connectivity index (χ1v) is 9.12. The molecule has 0 saturated carbocycles. The number of halogens is 1. The quantitative estimate of drug-likeness (QED) is 0.821. The van der Waals surface area contributed by atoms with Crippen LogP contribution < -0.4 is 15.2 Å². The number of nitrogens with one attached hydrogen (secondary N) is 1. The first-order chi connectivity index (χ1) is 9.87. The van der Waals surface area contributed by atoms with Gasteiger partial charge in [0.05, 0.1) is 10.9 Å². The van der Waals surface area contributed by atoms with Crippen LogP contribution in [0.4, 0.5) is 5.69 Å². The summed E-state index contributed by atoms with van der Waals surface area (Å²) in [5.41, 5.74) is 6.88. The number of ether oxygens (including phenoxy) is 1. The summed E-state index contributed by atoms with van der Waals surface area (Å²) in [5.74, 6) is 0.708. The van der Waals surface area contributed by atoms with Crippen molar-refractivity contribution >= 4 is 43.0 Å². The van der Waals surface area contributed by atoms with Crippen LogP contribution in [-0.4, -0.2) is 15.5 Å². The van der Waals surface area contributed by atoms with Gasteiger partial charge < -0.3 is 10.5 Å². The smallest absolute Gasteiger partial charge is 0.263 e. The Bertz CT molecular complexity index is 757. The molecule has 0 spiro atoms. The maximum atomic E-state index is 12.4. The van der Waals surface area contributed by atoms with E-state index in [1.54, 1.807) is 31.4 Å². The zero-order valence-electron chi connectivity index (χ0n) is 11.5. The Hall–Kier alpha value is -1.09. The first-order valence-electron chi connectivity index (χ1n) is 6.03. The molecule has 3 N–H and O–H groups in total. The molecule has 2 aromatic rings. The Morgan fingerprint density at radius 1 is 1.38 bits per heavy atom. The van der Waals surface area contributed by atoms with Crippen LogP contribution in [0.2, 0.25) is 0 Å². The normalized spacial score (nSPS) is 11.4. The first kappa shape index (κ1) is 16.3. The number of aryl methyl sites for hydroxylation is 1. The van der Waals surface area contributed by atoms with Crippen LogP contribution >= 0.6 is 27.3 Å². The number of sulfonamides is 1. The van der Waals surface area contributed by atoms with E-state index in [-0.39, 0.29) is 4.90 Å². The molecule has 1 aromatic carbocycles. The van der Waals surface area contributed by atoms with Gasteiger partial charge in [-0.1, -0.05) is 0 Å². The van der Waals surface area contributed by atoms with Crippen molar-refractivity contribution in [1.29, 1.82) is 0 Å². The van der Waals surface area contributed by atoms with Gasteiger partial charge in [-0.3, -0.25) is 4.72 Å². The van der Waals surface area contributed by atoms with Crippen molar-refractivity contribution in [3.8, 4) is 5.75 Å². The van der Waals surface area contributed by atoms with Gasteiger partial charge in [0.15, 0.2) is 0 Å². The summed E-state index contributed by atoms with van der Waals surface area (Å²) >= 11 is 4.58. The Morgan fingerprint density at radius 3 is 2.62 bits per heavy atom. The van der Waals surface area contributed by atoms with Gasteiger partial charge in [-0.2, -0.15) is 0 Å². The van der Waals surface area contributed by atoms with Gasteiger partial charge in [0.25, 0.3) is 10.0 Å². The molecule has 0 bridgehead atoms. The summed E-state index contributed by atoms with van der Waals surface area (Å²) < 4.78 is 33.1. The molecule has 0 atom stereocenters. The second kappa shape index (κ2) is 6.35. The van der Waals surface area contributed by atoms with Crippen LogP contribution in [0.5, 0.6) is 5.75 Å². The topological polar surface area (TPSA) is 81.4 Å². The zero-order chi connectivity index (χ0) is 15.6. The predicted octanol–water partition coefficient (Wildman–Crippen LogP) is 3.09. The molecular formula is C13H15BrN2O3S2. The molecule has 8 heteroatoms. The van der Waals surface area contributed by atoms with Crippen LogP contribution in [-0.2, 0) is 16.6 Å². The second-order valence-electron chi connectivity index (χ2n) is 4.34. The molecular weight excluding hydrogens is 376 g/mol. The maximum absolute atomic E-state index is 12.4. The number of hydrogen-bond acceptors (Lipinski definition) is 5. The fourth-order valence-electron chi connectivity index (χ4n) is 1.83. The van der Waals surface area contributed by atoms with E-state index < -0.39 is 10.0 Å². The summed E-state index contributed by atoms with van der Waals surface area (Å²) in [5, 5.41) is 0. The minimum Gasteiger partial charge on any atom is -0.496 e. The van der Waals surface area contributed by atoms with E-state index in [9.17, 15) is 8.42 Å². The van der Waals surface area contributed by atoms with Gasteiger partial charge in [-0.25, -0.2) is 8.42 Å². The van der Waals surface area contributed by atoms with E-state index >= 15 is 0 Å². The predicted molar refractivity (Wildman–Crippen MR) is 88.4 cm³/mol. The van der Waals surface area contributed by atoms with Crippen LogP contribution in [0.25, 0.3) is 0 Å². The van der Waals surface area contributed by atoms with Crippen molar-refractivity contribution in [3.63, 3.8) is 0 Å². The molecule has 5 nitrogen and oxygen atoms in total. The summed E-state index contributed by atoms with van der Waals surface area (Å²) in [6, 6.07) is 6.68. The van der Waals surface area contributed by atoms with Crippen LogP contribution in [0.15, 0.2) is 32.9 Å². The number of thiophene rings is 1. The average Bonchev–Trinajstić information content (AvgIpc) is 2.81. The number of anilines is 1. The lowest BCUT2D eigenvalue weighted by Crippen LogP contribution is -2.12. The number of benzene rings is 1. The van der Waals surface area contributed by atoms with Gasteiger partial charge in [0, 0.05) is 17.1 Å².